The number of aryl methyl sites for hydroxylation is 1. The highest BCUT2D eigenvalue weighted by molar-refractivity contribution is 9.10. The Kier molecular flexibility index (Phi) is 6.77. The summed E-state index contributed by atoms with van der Waals surface area (Å²) in [7, 11) is 1.72. The minimum absolute atomic E-state index is 0.739. The zero-order valence-corrected chi connectivity index (χ0v) is 14.8. The Balaban J connectivity index is 1.97. The molecule has 0 aliphatic carbocycles. The van der Waals surface area contributed by atoms with E-state index in [2.05, 4.69) is 70.6 Å². The molecule has 0 aliphatic rings. The van der Waals surface area contributed by atoms with Gasteiger partial charge in [-0.2, -0.15) is 0 Å². The van der Waals surface area contributed by atoms with Crippen LogP contribution in [0.15, 0.2) is 56.7 Å². The molecule has 0 spiro atoms. The van der Waals surface area contributed by atoms with Crippen LogP contribution in [-0.4, -0.2) is 20.3 Å². The van der Waals surface area contributed by atoms with Crippen molar-refractivity contribution in [3.8, 4) is 0 Å². The number of hydrogen-bond acceptors (Lipinski definition) is 3. The molecule has 0 heterocycles. The van der Waals surface area contributed by atoms with E-state index in [1.807, 2.05) is 0 Å². The van der Waals surface area contributed by atoms with Crippen LogP contribution < -0.4 is 5.32 Å². The van der Waals surface area contributed by atoms with E-state index < -0.39 is 0 Å². The van der Waals surface area contributed by atoms with Crippen molar-refractivity contribution in [2.45, 2.75) is 23.3 Å². The molecule has 0 bridgehead atoms. The molecule has 2 aromatic carbocycles. The van der Waals surface area contributed by atoms with Gasteiger partial charge in [-0.3, -0.25) is 0 Å². The molecule has 2 rings (SSSR count). The monoisotopic (exact) mass is 365 g/mol. The molecule has 2 nitrogen and oxygen atoms in total. The highest BCUT2D eigenvalue weighted by Crippen LogP contribution is 2.34. The van der Waals surface area contributed by atoms with Gasteiger partial charge in [0, 0.05) is 34.5 Å². The van der Waals surface area contributed by atoms with Crippen molar-refractivity contribution >= 4 is 27.7 Å². The Morgan fingerprint density at radius 3 is 2.57 bits per heavy atom. The van der Waals surface area contributed by atoms with E-state index in [0.29, 0.717) is 0 Å². The first-order chi connectivity index (χ1) is 10.2. The van der Waals surface area contributed by atoms with E-state index in [0.717, 1.165) is 24.2 Å². The quantitative estimate of drug-likeness (QED) is 0.721. The summed E-state index contributed by atoms with van der Waals surface area (Å²) >= 11 is 5.44. The van der Waals surface area contributed by atoms with Crippen molar-refractivity contribution in [2.24, 2.45) is 0 Å². The van der Waals surface area contributed by atoms with Gasteiger partial charge in [-0.1, -0.05) is 35.5 Å². The van der Waals surface area contributed by atoms with Crippen LogP contribution in [0, 0.1) is 6.92 Å². The third-order valence-electron chi connectivity index (χ3n) is 3.06. The summed E-state index contributed by atoms with van der Waals surface area (Å²) < 4.78 is 6.16. The molecule has 1 N–H and O–H groups in total. The van der Waals surface area contributed by atoms with Crippen LogP contribution in [-0.2, 0) is 11.3 Å². The van der Waals surface area contributed by atoms with E-state index in [1.165, 1.54) is 20.9 Å². The molecule has 0 radical (unpaired) electrons. The van der Waals surface area contributed by atoms with Crippen LogP contribution in [0.3, 0.4) is 0 Å². The predicted molar refractivity (Wildman–Crippen MR) is 93.0 cm³/mol. The first-order valence-electron chi connectivity index (χ1n) is 6.91. The Morgan fingerprint density at radius 2 is 1.90 bits per heavy atom. The van der Waals surface area contributed by atoms with Crippen LogP contribution in [0.4, 0.5) is 0 Å². The second kappa shape index (κ2) is 8.59. The Labute approximate surface area is 139 Å². The number of ether oxygens (including phenoxy) is 1. The lowest BCUT2D eigenvalue weighted by molar-refractivity contribution is 0.199. The Bertz CT molecular complexity index is 572. The molecule has 4 heteroatoms. The standard InChI is InChI=1S/C17H20BrNOS/c1-13-3-6-15(7-4-13)21-17-8-5-14(11-16(17)18)12-19-9-10-20-2/h3-8,11,19H,9-10,12H2,1-2H3. The highest BCUT2D eigenvalue weighted by atomic mass is 79.9. The van der Waals surface area contributed by atoms with Crippen LogP contribution >= 0.6 is 27.7 Å². The molecule has 112 valence electrons. The van der Waals surface area contributed by atoms with Crippen molar-refractivity contribution in [3.05, 3.63) is 58.1 Å². The maximum absolute atomic E-state index is 5.02. The first-order valence-corrected chi connectivity index (χ1v) is 8.52. The van der Waals surface area contributed by atoms with Crippen LogP contribution in [0.25, 0.3) is 0 Å². The van der Waals surface area contributed by atoms with Gasteiger partial charge >= 0.3 is 0 Å². The van der Waals surface area contributed by atoms with E-state index in [1.54, 1.807) is 18.9 Å². The van der Waals surface area contributed by atoms with Crippen LogP contribution in [0.5, 0.6) is 0 Å². The van der Waals surface area contributed by atoms with Crippen molar-refractivity contribution < 1.29 is 4.74 Å². The van der Waals surface area contributed by atoms with Gasteiger partial charge in [-0.25, -0.2) is 0 Å². The van der Waals surface area contributed by atoms with E-state index in [-0.39, 0.29) is 0 Å². The SMILES string of the molecule is COCCNCc1ccc(Sc2ccc(C)cc2)c(Br)c1. The van der Waals surface area contributed by atoms with Gasteiger partial charge in [-0.15, -0.1) is 0 Å². The average Bonchev–Trinajstić information content (AvgIpc) is 2.48. The molecular formula is C17H20BrNOS. The number of halogens is 1. The molecule has 0 unspecified atom stereocenters. The average molecular weight is 366 g/mol. The lowest BCUT2D eigenvalue weighted by Crippen LogP contribution is -2.18. The minimum atomic E-state index is 0.739. The fourth-order valence-electron chi connectivity index (χ4n) is 1.88. The van der Waals surface area contributed by atoms with Crippen molar-refractivity contribution in [2.75, 3.05) is 20.3 Å². The highest BCUT2D eigenvalue weighted by Gasteiger charge is 2.04. The normalized spacial score (nSPS) is 10.8. The lowest BCUT2D eigenvalue weighted by Gasteiger charge is -2.08. The summed E-state index contributed by atoms with van der Waals surface area (Å²) in [6.07, 6.45) is 0. The molecule has 0 amide bonds. The number of hydrogen-bond donors (Lipinski definition) is 1. The van der Waals surface area contributed by atoms with Gasteiger partial charge in [0.05, 0.1) is 6.61 Å². The van der Waals surface area contributed by atoms with Crippen molar-refractivity contribution in [1.29, 1.82) is 0 Å². The largest absolute Gasteiger partial charge is 0.383 e. The molecule has 0 fully saturated rings. The molecule has 0 aliphatic heterocycles. The summed E-state index contributed by atoms with van der Waals surface area (Å²) in [6.45, 7) is 4.57. The smallest absolute Gasteiger partial charge is 0.0587 e. The summed E-state index contributed by atoms with van der Waals surface area (Å²) in [5.74, 6) is 0. The first kappa shape index (κ1) is 16.6. The zero-order chi connectivity index (χ0) is 15.1. The van der Waals surface area contributed by atoms with Gasteiger partial charge < -0.3 is 10.1 Å². The molecule has 0 aromatic heterocycles. The summed E-state index contributed by atoms with van der Waals surface area (Å²) in [4.78, 5) is 2.49. The number of nitrogens with one attached hydrogen (secondary N) is 1. The molecule has 0 atom stereocenters. The summed E-state index contributed by atoms with van der Waals surface area (Å²) in [5.41, 5.74) is 2.56. The molecule has 0 saturated carbocycles. The van der Waals surface area contributed by atoms with Gasteiger partial charge in [0.25, 0.3) is 0 Å². The van der Waals surface area contributed by atoms with Crippen molar-refractivity contribution in [3.63, 3.8) is 0 Å². The van der Waals surface area contributed by atoms with Crippen LogP contribution in [0.2, 0.25) is 0 Å². The second-order valence-corrected chi connectivity index (χ2v) is 6.82. The lowest BCUT2D eigenvalue weighted by atomic mass is 10.2. The number of benzene rings is 2. The fraction of sp³-hybridized carbons (Fsp3) is 0.294. The predicted octanol–water partition coefficient (Wildman–Crippen LogP) is 4.64. The van der Waals surface area contributed by atoms with Crippen molar-refractivity contribution in [1.82, 2.24) is 5.32 Å². The zero-order valence-electron chi connectivity index (χ0n) is 12.4. The molecule has 0 saturated heterocycles. The topological polar surface area (TPSA) is 21.3 Å². The number of methoxy groups -OCH3 is 1. The van der Waals surface area contributed by atoms with Gasteiger partial charge in [0.2, 0.25) is 0 Å². The van der Waals surface area contributed by atoms with Gasteiger partial charge in [0.1, 0.15) is 0 Å². The van der Waals surface area contributed by atoms with E-state index >= 15 is 0 Å². The third-order valence-corrected chi connectivity index (χ3v) is 5.06. The van der Waals surface area contributed by atoms with E-state index in [4.69, 9.17) is 4.74 Å². The number of rotatable bonds is 7. The third kappa shape index (κ3) is 5.47. The fourth-order valence-corrected chi connectivity index (χ4v) is 3.36. The van der Waals surface area contributed by atoms with Gasteiger partial charge in [0.15, 0.2) is 0 Å². The maximum Gasteiger partial charge on any atom is 0.0587 e. The molecule has 2 aromatic rings. The second-order valence-electron chi connectivity index (χ2n) is 4.85. The summed E-state index contributed by atoms with van der Waals surface area (Å²) in [6, 6.07) is 15.1. The van der Waals surface area contributed by atoms with E-state index in [9.17, 15) is 0 Å². The van der Waals surface area contributed by atoms with Gasteiger partial charge in [-0.05, 0) is 52.7 Å². The maximum atomic E-state index is 5.02. The Hall–Kier alpha value is -0.810. The molecule has 21 heavy (non-hydrogen) atoms. The minimum Gasteiger partial charge on any atom is -0.383 e. The van der Waals surface area contributed by atoms with Crippen LogP contribution in [0.1, 0.15) is 11.1 Å². The molecular weight excluding hydrogens is 346 g/mol. The summed E-state index contributed by atoms with van der Waals surface area (Å²) in [5, 5.41) is 3.35. The Morgan fingerprint density at radius 1 is 1.14 bits per heavy atom.